The molecule has 0 amide bonds. The Kier molecular flexibility index (Phi) is 4.70. The van der Waals surface area contributed by atoms with Crippen LogP contribution in [0.4, 0.5) is 0 Å². The monoisotopic (exact) mass is 218 g/mol. The maximum atomic E-state index is 10.8. The fraction of sp³-hybridized carbons (Fsp3) is 0.385. The number of nitrogens with zero attached hydrogens (tertiary/aromatic N) is 1. The molecule has 1 rings (SSSR count). The average Bonchev–Trinajstić information content (AvgIpc) is 2.25. The molecule has 0 saturated heterocycles. The van der Waals surface area contributed by atoms with Gasteiger partial charge >= 0.3 is 0 Å². The van der Waals surface area contributed by atoms with Crippen molar-refractivity contribution in [3.8, 4) is 0 Å². The van der Waals surface area contributed by atoms with Crippen LogP contribution in [0.25, 0.3) is 0 Å². The van der Waals surface area contributed by atoms with E-state index in [1.165, 1.54) is 0 Å². The number of carboxylic acids is 1. The molecule has 0 aromatic heterocycles. The Balaban J connectivity index is 2.68. The lowest BCUT2D eigenvalue weighted by Gasteiger charge is -2.15. The molecule has 86 valence electrons. The highest BCUT2D eigenvalue weighted by Crippen LogP contribution is 2.07. The van der Waals surface area contributed by atoms with Gasteiger partial charge in [-0.2, -0.15) is 0 Å². The third-order valence-electron chi connectivity index (χ3n) is 2.17. The van der Waals surface area contributed by atoms with Crippen molar-refractivity contribution in [2.45, 2.75) is 26.3 Å². The number of benzene rings is 1. The van der Waals surface area contributed by atoms with Crippen LogP contribution in [-0.2, 0) is 4.79 Å². The second-order valence-corrected chi connectivity index (χ2v) is 4.15. The maximum Gasteiger partial charge on any atom is 0.0895 e. The van der Waals surface area contributed by atoms with E-state index in [2.05, 4.69) is 4.99 Å². The third kappa shape index (κ3) is 4.26. The molecule has 1 unspecified atom stereocenters. The quantitative estimate of drug-likeness (QED) is 0.699. The molecule has 3 nitrogen and oxygen atoms in total. The molecule has 0 saturated carbocycles. The number of carboxylic acid groups (broad SMARTS) is 1. The van der Waals surface area contributed by atoms with E-state index in [1.54, 1.807) is 6.21 Å². The van der Waals surface area contributed by atoms with E-state index in [0.29, 0.717) is 6.42 Å². The fourth-order valence-corrected chi connectivity index (χ4v) is 1.38. The lowest BCUT2D eigenvalue weighted by Crippen LogP contribution is -2.35. The second kappa shape index (κ2) is 6.05. The van der Waals surface area contributed by atoms with Crippen LogP contribution in [0.15, 0.2) is 35.3 Å². The third-order valence-corrected chi connectivity index (χ3v) is 2.17. The zero-order valence-electron chi connectivity index (χ0n) is 9.59. The first-order valence-corrected chi connectivity index (χ1v) is 5.38. The Labute approximate surface area is 95.8 Å². The van der Waals surface area contributed by atoms with E-state index in [9.17, 15) is 9.90 Å². The topological polar surface area (TPSA) is 52.5 Å². The molecule has 0 spiro atoms. The largest absolute Gasteiger partial charge is 0.548 e. The van der Waals surface area contributed by atoms with Crippen molar-refractivity contribution in [1.82, 2.24) is 0 Å². The molecule has 0 radical (unpaired) electrons. The zero-order valence-corrected chi connectivity index (χ0v) is 9.59. The summed E-state index contributed by atoms with van der Waals surface area (Å²) in [6, 6.07) is 8.69. The van der Waals surface area contributed by atoms with Gasteiger partial charge in [-0.3, -0.25) is 4.99 Å². The molecule has 0 bridgehead atoms. The van der Waals surface area contributed by atoms with E-state index < -0.39 is 12.0 Å². The summed E-state index contributed by atoms with van der Waals surface area (Å²) in [6.45, 7) is 3.93. The highest BCUT2D eigenvalue weighted by molar-refractivity contribution is 5.82. The van der Waals surface area contributed by atoms with Crippen LogP contribution in [0.3, 0.4) is 0 Å². The van der Waals surface area contributed by atoms with Crippen molar-refractivity contribution in [3.63, 3.8) is 0 Å². The van der Waals surface area contributed by atoms with Crippen LogP contribution >= 0.6 is 0 Å². The van der Waals surface area contributed by atoms with Crippen LogP contribution in [0.5, 0.6) is 0 Å². The molecule has 16 heavy (non-hydrogen) atoms. The van der Waals surface area contributed by atoms with Gasteiger partial charge in [-0.1, -0.05) is 44.2 Å². The van der Waals surface area contributed by atoms with Crippen molar-refractivity contribution in [2.75, 3.05) is 0 Å². The number of carbonyl (C=O) groups excluding carboxylic acids is 1. The maximum absolute atomic E-state index is 10.8. The van der Waals surface area contributed by atoms with Gasteiger partial charge in [0.15, 0.2) is 0 Å². The van der Waals surface area contributed by atoms with Crippen molar-refractivity contribution in [1.29, 1.82) is 0 Å². The first kappa shape index (κ1) is 12.4. The van der Waals surface area contributed by atoms with Gasteiger partial charge in [0, 0.05) is 6.21 Å². The van der Waals surface area contributed by atoms with Crippen LogP contribution in [-0.4, -0.2) is 18.2 Å². The van der Waals surface area contributed by atoms with Gasteiger partial charge in [-0.05, 0) is 17.9 Å². The highest BCUT2D eigenvalue weighted by Gasteiger charge is 2.09. The van der Waals surface area contributed by atoms with E-state index >= 15 is 0 Å². The lowest BCUT2D eigenvalue weighted by molar-refractivity contribution is -0.307. The van der Waals surface area contributed by atoms with Gasteiger partial charge in [0.2, 0.25) is 0 Å². The van der Waals surface area contributed by atoms with Crippen LogP contribution in [0.1, 0.15) is 25.8 Å². The van der Waals surface area contributed by atoms with Crippen molar-refractivity contribution in [2.24, 2.45) is 10.9 Å². The molecule has 0 heterocycles. The summed E-state index contributed by atoms with van der Waals surface area (Å²) < 4.78 is 0. The number of aliphatic carboxylic acids is 1. The number of rotatable bonds is 5. The average molecular weight is 218 g/mol. The standard InChI is InChI=1S/C13H17NO2/c1-10(2)8-12(13(15)16)14-9-11-6-4-3-5-7-11/h3-7,9-10,12H,8H2,1-2H3,(H,15,16)/p-1. The van der Waals surface area contributed by atoms with Crippen molar-refractivity contribution < 1.29 is 9.90 Å². The first-order chi connectivity index (χ1) is 7.59. The summed E-state index contributed by atoms with van der Waals surface area (Å²) in [6.07, 6.45) is 2.09. The van der Waals surface area contributed by atoms with Crippen LogP contribution in [0.2, 0.25) is 0 Å². The lowest BCUT2D eigenvalue weighted by atomic mass is 10.0. The van der Waals surface area contributed by atoms with E-state index in [1.807, 2.05) is 44.2 Å². The minimum atomic E-state index is -1.11. The predicted octanol–water partition coefficient (Wildman–Crippen LogP) is 1.27. The number of aliphatic imine (C=N–C) groups is 1. The highest BCUT2D eigenvalue weighted by atomic mass is 16.4. The summed E-state index contributed by atoms with van der Waals surface area (Å²) in [5.74, 6) is -0.822. The van der Waals surface area contributed by atoms with Gasteiger partial charge in [-0.15, -0.1) is 0 Å². The van der Waals surface area contributed by atoms with E-state index in [4.69, 9.17) is 0 Å². The Morgan fingerprint density at radius 1 is 1.38 bits per heavy atom. The summed E-state index contributed by atoms with van der Waals surface area (Å²) in [7, 11) is 0. The van der Waals surface area contributed by atoms with E-state index in [0.717, 1.165) is 5.56 Å². The zero-order chi connectivity index (χ0) is 12.0. The second-order valence-electron chi connectivity index (χ2n) is 4.15. The molecule has 0 aliphatic rings. The molecular formula is C13H16NO2-. The van der Waals surface area contributed by atoms with Gasteiger partial charge < -0.3 is 9.90 Å². The fourth-order valence-electron chi connectivity index (χ4n) is 1.38. The SMILES string of the molecule is CC(C)CC(N=Cc1ccccc1)C(=O)[O-]. The first-order valence-electron chi connectivity index (χ1n) is 5.38. The van der Waals surface area contributed by atoms with Gasteiger partial charge in [0.1, 0.15) is 0 Å². The smallest absolute Gasteiger partial charge is 0.0895 e. The minimum Gasteiger partial charge on any atom is -0.548 e. The normalized spacial score (nSPS) is 13.2. The van der Waals surface area contributed by atoms with Crippen LogP contribution in [0, 0.1) is 5.92 Å². The molecular weight excluding hydrogens is 202 g/mol. The molecule has 0 N–H and O–H groups in total. The summed E-state index contributed by atoms with van der Waals surface area (Å²) in [5.41, 5.74) is 0.900. The Morgan fingerprint density at radius 2 is 2.00 bits per heavy atom. The van der Waals surface area contributed by atoms with Gasteiger partial charge in [0.25, 0.3) is 0 Å². The van der Waals surface area contributed by atoms with Crippen LogP contribution < -0.4 is 5.11 Å². The molecule has 1 atom stereocenters. The number of hydrogen-bond acceptors (Lipinski definition) is 3. The van der Waals surface area contributed by atoms with Crippen molar-refractivity contribution >= 4 is 12.2 Å². The number of carbonyl (C=O) groups is 1. The molecule has 1 aromatic carbocycles. The predicted molar refractivity (Wildman–Crippen MR) is 62.3 cm³/mol. The minimum absolute atomic E-state index is 0.288. The molecule has 0 aliphatic carbocycles. The summed E-state index contributed by atoms with van der Waals surface area (Å²) >= 11 is 0. The molecule has 3 heteroatoms. The van der Waals surface area contributed by atoms with Gasteiger partial charge in [-0.25, -0.2) is 0 Å². The Morgan fingerprint density at radius 3 is 2.50 bits per heavy atom. The van der Waals surface area contributed by atoms with Crippen molar-refractivity contribution in [3.05, 3.63) is 35.9 Å². The summed E-state index contributed by atoms with van der Waals surface area (Å²) in [5, 5.41) is 10.8. The Bertz CT molecular complexity index is 357. The van der Waals surface area contributed by atoms with Gasteiger partial charge in [0.05, 0.1) is 12.0 Å². The summed E-state index contributed by atoms with van der Waals surface area (Å²) in [4.78, 5) is 14.9. The van der Waals surface area contributed by atoms with E-state index in [-0.39, 0.29) is 5.92 Å². The molecule has 1 aromatic rings. The molecule has 0 aliphatic heterocycles. The Hall–Kier alpha value is -1.64. The number of hydrogen-bond donors (Lipinski definition) is 0. The molecule has 0 fully saturated rings.